The molecule has 1 aliphatic heterocycles. The number of hydrogen-bond donors (Lipinski definition) is 3. The summed E-state index contributed by atoms with van der Waals surface area (Å²) in [6.45, 7) is 2.51. The van der Waals surface area contributed by atoms with E-state index in [-0.39, 0.29) is 35.6 Å². The number of fused-ring (bicyclic) bond motifs is 1. The van der Waals surface area contributed by atoms with E-state index in [0.717, 1.165) is 48.6 Å². The van der Waals surface area contributed by atoms with Crippen molar-refractivity contribution in [3.63, 3.8) is 0 Å². The summed E-state index contributed by atoms with van der Waals surface area (Å²) >= 11 is 6.50. The van der Waals surface area contributed by atoms with Gasteiger partial charge in [0, 0.05) is 51.5 Å². The number of anilines is 1. The number of rotatable bonds is 12. The molecule has 0 saturated carbocycles. The van der Waals surface area contributed by atoms with E-state index < -0.39 is 0 Å². The molecule has 2 aromatic heterocycles. The van der Waals surface area contributed by atoms with Crippen LogP contribution >= 0.6 is 11.6 Å². The molecule has 0 radical (unpaired) electrons. The predicted molar refractivity (Wildman–Crippen MR) is 159 cm³/mol. The van der Waals surface area contributed by atoms with Crippen molar-refractivity contribution >= 4 is 40.3 Å². The number of aryl methyl sites for hydroxylation is 1. The van der Waals surface area contributed by atoms with Gasteiger partial charge in [-0.05, 0) is 56.0 Å². The lowest BCUT2D eigenvalue weighted by molar-refractivity contribution is -0.125. The molecule has 4 rings (SSSR count). The van der Waals surface area contributed by atoms with E-state index in [1.54, 1.807) is 19.3 Å². The number of carbonyl (C=O) groups excluding carboxylic acids is 2. The maximum absolute atomic E-state index is 12.7. The summed E-state index contributed by atoms with van der Waals surface area (Å²) in [4.78, 5) is 48.2. The average molecular weight is 584 g/mol. The van der Waals surface area contributed by atoms with Crippen molar-refractivity contribution < 1.29 is 14.3 Å². The Labute approximate surface area is 244 Å². The molecule has 3 heterocycles. The minimum Gasteiger partial charge on any atom is -0.478 e. The molecule has 0 spiro atoms. The fourth-order valence-corrected chi connectivity index (χ4v) is 5.09. The van der Waals surface area contributed by atoms with Gasteiger partial charge in [-0.2, -0.15) is 0 Å². The molecule has 1 fully saturated rings. The number of ether oxygens (including phenoxy) is 1. The highest BCUT2D eigenvalue weighted by atomic mass is 35.5. The highest BCUT2D eigenvalue weighted by Crippen LogP contribution is 2.26. The topological polar surface area (TPSA) is 144 Å². The summed E-state index contributed by atoms with van der Waals surface area (Å²) < 4.78 is 6.97. The largest absolute Gasteiger partial charge is 0.478 e. The summed E-state index contributed by atoms with van der Waals surface area (Å²) in [5.74, 6) is 0.485. The first-order chi connectivity index (χ1) is 19.8. The zero-order valence-corrected chi connectivity index (χ0v) is 24.4. The number of amides is 2. The van der Waals surface area contributed by atoms with Gasteiger partial charge in [0.1, 0.15) is 0 Å². The highest BCUT2D eigenvalue weighted by Gasteiger charge is 2.26. The van der Waals surface area contributed by atoms with Gasteiger partial charge >= 0.3 is 0 Å². The van der Waals surface area contributed by atoms with Gasteiger partial charge in [-0.15, -0.1) is 0 Å². The quantitative estimate of drug-likeness (QED) is 0.275. The van der Waals surface area contributed by atoms with Crippen LogP contribution in [0.25, 0.3) is 10.9 Å². The van der Waals surface area contributed by atoms with Crippen LogP contribution in [0, 0.1) is 5.92 Å². The Kier molecular flexibility index (Phi) is 10.5. The molecule has 4 N–H and O–H groups in total. The number of pyridine rings is 1. The molecule has 0 unspecified atom stereocenters. The van der Waals surface area contributed by atoms with E-state index in [9.17, 15) is 14.4 Å². The normalized spacial score (nSPS) is 13.8. The van der Waals surface area contributed by atoms with Crippen LogP contribution < -0.4 is 31.6 Å². The van der Waals surface area contributed by atoms with Crippen molar-refractivity contribution in [3.8, 4) is 5.75 Å². The first-order valence-electron chi connectivity index (χ1n) is 14.0. The molecule has 0 bridgehead atoms. The third kappa shape index (κ3) is 7.74. The number of nitrogens with zero attached hydrogens (tertiary/aromatic N) is 4. The van der Waals surface area contributed by atoms with Crippen LogP contribution in [0.15, 0.2) is 35.3 Å². The Hall–Kier alpha value is -3.70. The Morgan fingerprint density at radius 2 is 1.95 bits per heavy atom. The van der Waals surface area contributed by atoms with Gasteiger partial charge in [-0.1, -0.05) is 24.1 Å². The number of nitrogens with two attached hydrogens (primary N) is 1. The van der Waals surface area contributed by atoms with Crippen LogP contribution in [0.3, 0.4) is 0 Å². The first-order valence-corrected chi connectivity index (χ1v) is 14.4. The average Bonchev–Trinajstić information content (AvgIpc) is 2.99. The number of likely N-dealkylation sites (N-methyl/N-ethyl adjacent to an activating group) is 1. The highest BCUT2D eigenvalue weighted by molar-refractivity contribution is 6.31. The third-order valence-corrected chi connectivity index (χ3v) is 7.71. The van der Waals surface area contributed by atoms with Crippen molar-refractivity contribution in [2.75, 3.05) is 44.7 Å². The summed E-state index contributed by atoms with van der Waals surface area (Å²) in [6.07, 6.45) is 6.52. The molecular formula is C29H38ClN7O4. The van der Waals surface area contributed by atoms with Crippen LogP contribution in [-0.2, 0) is 23.1 Å². The lowest BCUT2D eigenvalue weighted by Crippen LogP contribution is -2.41. The molecule has 1 aliphatic rings. The zero-order chi connectivity index (χ0) is 29.4. The van der Waals surface area contributed by atoms with Crippen LogP contribution in [0.4, 0.5) is 5.95 Å². The number of nitrogens with one attached hydrogen (secondary N) is 2. The van der Waals surface area contributed by atoms with E-state index in [1.165, 1.54) is 11.6 Å². The Morgan fingerprint density at radius 1 is 1.17 bits per heavy atom. The standard InChI is InChI=1S/C29H38ClN7O4/c1-32-26(38)18-41-25-16-21-14-19(6-7-24(21)36(2)28(25)40)15-23-22(30)17-34-29(35-23)37-12-8-20(9-13-37)27(39)33-11-5-3-4-10-31/h6-7,14,16-17,20H,3-5,8-13,15,18,31H2,1-2H3,(H,32,38)(H,33,39). The van der Waals surface area contributed by atoms with Gasteiger partial charge in [-0.3, -0.25) is 14.4 Å². The van der Waals surface area contributed by atoms with Crippen molar-refractivity contribution in [3.05, 3.63) is 57.1 Å². The van der Waals surface area contributed by atoms with Gasteiger partial charge in [-0.25, -0.2) is 9.97 Å². The minimum atomic E-state index is -0.323. The van der Waals surface area contributed by atoms with Crippen LogP contribution in [0.5, 0.6) is 5.75 Å². The third-order valence-electron chi connectivity index (χ3n) is 7.40. The molecular weight excluding hydrogens is 546 g/mol. The molecule has 41 heavy (non-hydrogen) atoms. The Morgan fingerprint density at radius 3 is 2.68 bits per heavy atom. The maximum Gasteiger partial charge on any atom is 0.293 e. The molecule has 0 aliphatic carbocycles. The molecule has 1 aromatic carbocycles. The molecule has 1 saturated heterocycles. The van der Waals surface area contributed by atoms with Gasteiger partial charge in [0.15, 0.2) is 12.4 Å². The number of aromatic nitrogens is 3. The summed E-state index contributed by atoms with van der Waals surface area (Å²) in [5.41, 5.74) is 7.58. The summed E-state index contributed by atoms with van der Waals surface area (Å²) in [7, 11) is 3.18. The van der Waals surface area contributed by atoms with Gasteiger partial charge < -0.3 is 30.6 Å². The fourth-order valence-electron chi connectivity index (χ4n) is 4.94. The number of carbonyl (C=O) groups is 2. The molecule has 2 amide bonds. The van der Waals surface area contributed by atoms with Crippen LogP contribution in [0.2, 0.25) is 5.02 Å². The molecule has 11 nitrogen and oxygen atoms in total. The second-order valence-corrected chi connectivity index (χ2v) is 10.7. The van der Waals surface area contributed by atoms with E-state index in [4.69, 9.17) is 27.1 Å². The lowest BCUT2D eigenvalue weighted by Gasteiger charge is -2.31. The lowest BCUT2D eigenvalue weighted by atomic mass is 9.96. The van der Waals surface area contributed by atoms with Crippen molar-refractivity contribution in [2.45, 2.75) is 38.5 Å². The molecule has 0 atom stereocenters. The number of halogens is 1. The van der Waals surface area contributed by atoms with Gasteiger partial charge in [0.2, 0.25) is 11.9 Å². The van der Waals surface area contributed by atoms with E-state index in [0.29, 0.717) is 49.3 Å². The van der Waals surface area contributed by atoms with Crippen molar-refractivity contribution in [1.29, 1.82) is 0 Å². The van der Waals surface area contributed by atoms with E-state index in [1.807, 2.05) is 18.2 Å². The zero-order valence-electron chi connectivity index (χ0n) is 23.6. The number of piperidine rings is 1. The minimum absolute atomic E-state index is 0.00804. The van der Waals surface area contributed by atoms with Crippen LogP contribution in [0.1, 0.15) is 43.4 Å². The first kappa shape index (κ1) is 30.3. The number of hydrogen-bond acceptors (Lipinski definition) is 8. The Balaban J connectivity index is 1.42. The predicted octanol–water partition coefficient (Wildman–Crippen LogP) is 2.16. The fraction of sp³-hybridized carbons (Fsp3) is 0.483. The second-order valence-electron chi connectivity index (χ2n) is 10.3. The molecule has 3 aromatic rings. The van der Waals surface area contributed by atoms with Gasteiger partial charge in [0.25, 0.3) is 11.5 Å². The van der Waals surface area contributed by atoms with Gasteiger partial charge in [0.05, 0.1) is 22.4 Å². The Bertz CT molecular complexity index is 1440. The van der Waals surface area contributed by atoms with E-state index >= 15 is 0 Å². The SMILES string of the molecule is CNC(=O)COc1cc2cc(Cc3nc(N4CCC(C(=O)NCCCCCN)CC4)ncc3Cl)ccc2n(C)c1=O. The maximum atomic E-state index is 12.7. The molecule has 12 heteroatoms. The number of benzene rings is 1. The second kappa shape index (κ2) is 14.3. The van der Waals surface area contributed by atoms with Crippen LogP contribution in [-0.4, -0.2) is 66.2 Å². The smallest absolute Gasteiger partial charge is 0.293 e. The molecule has 220 valence electrons. The summed E-state index contributed by atoms with van der Waals surface area (Å²) in [5, 5.41) is 6.79. The van der Waals surface area contributed by atoms with Crippen molar-refractivity contribution in [1.82, 2.24) is 25.2 Å². The van der Waals surface area contributed by atoms with E-state index in [2.05, 4.69) is 20.5 Å². The van der Waals surface area contributed by atoms with Crippen molar-refractivity contribution in [2.24, 2.45) is 18.7 Å². The monoisotopic (exact) mass is 583 g/mol. The number of unbranched alkanes of at least 4 members (excludes halogenated alkanes) is 2. The summed E-state index contributed by atoms with van der Waals surface area (Å²) in [6, 6.07) is 7.42.